The van der Waals surface area contributed by atoms with Gasteiger partial charge in [0.15, 0.2) is 6.29 Å². The number of ether oxygens (including phenoxy) is 2. The zero-order valence-corrected chi connectivity index (χ0v) is 11.0. The molecule has 2 atom stereocenters. The van der Waals surface area contributed by atoms with Crippen molar-refractivity contribution >= 4 is 0 Å². The lowest BCUT2D eigenvalue weighted by Gasteiger charge is -2.28. The lowest BCUT2D eigenvalue weighted by molar-refractivity contribution is -0.189. The van der Waals surface area contributed by atoms with Crippen molar-refractivity contribution in [3.8, 4) is 0 Å². The summed E-state index contributed by atoms with van der Waals surface area (Å²) in [4.78, 5) is 0. The van der Waals surface area contributed by atoms with E-state index < -0.39 is 0 Å². The summed E-state index contributed by atoms with van der Waals surface area (Å²) in [5, 5.41) is 0. The highest BCUT2D eigenvalue weighted by atomic mass is 16.7. The predicted molar refractivity (Wildman–Crippen MR) is 67.5 cm³/mol. The van der Waals surface area contributed by atoms with Crippen LogP contribution in [-0.4, -0.2) is 19.5 Å². The summed E-state index contributed by atoms with van der Waals surface area (Å²) < 4.78 is 11.4. The van der Waals surface area contributed by atoms with Crippen molar-refractivity contribution in [2.24, 2.45) is 5.92 Å². The topological polar surface area (TPSA) is 18.5 Å². The van der Waals surface area contributed by atoms with Crippen molar-refractivity contribution in [2.75, 3.05) is 13.2 Å². The zero-order valence-electron chi connectivity index (χ0n) is 11.0. The van der Waals surface area contributed by atoms with Crippen LogP contribution in [0.3, 0.4) is 0 Å². The Balaban J connectivity index is 1.90. The molecule has 0 spiro atoms. The Morgan fingerprint density at radius 1 is 1.12 bits per heavy atom. The number of rotatable bonds is 8. The molecule has 1 aliphatic heterocycles. The first kappa shape index (κ1) is 14.0. The number of hydrogen-bond acceptors (Lipinski definition) is 2. The van der Waals surface area contributed by atoms with E-state index in [-0.39, 0.29) is 6.29 Å². The highest BCUT2D eigenvalue weighted by Gasteiger charge is 2.21. The molecular weight excluding hydrogens is 200 g/mol. The van der Waals surface area contributed by atoms with Gasteiger partial charge in [-0.15, -0.1) is 0 Å². The van der Waals surface area contributed by atoms with E-state index in [9.17, 15) is 0 Å². The quantitative estimate of drug-likeness (QED) is 0.581. The fraction of sp³-hybridized carbons (Fsp3) is 1.00. The molecule has 0 radical (unpaired) electrons. The average molecular weight is 228 g/mol. The summed E-state index contributed by atoms with van der Waals surface area (Å²) in [6.45, 7) is 6.24. The van der Waals surface area contributed by atoms with E-state index in [1.807, 2.05) is 0 Å². The predicted octanol–water partition coefficient (Wildman–Crippen LogP) is 4.14. The Morgan fingerprint density at radius 2 is 1.88 bits per heavy atom. The normalized spacial score (nSPS) is 25.9. The third-order valence-corrected chi connectivity index (χ3v) is 3.33. The molecule has 0 aromatic rings. The fourth-order valence-corrected chi connectivity index (χ4v) is 2.20. The summed E-state index contributed by atoms with van der Waals surface area (Å²) in [5.41, 5.74) is 0. The van der Waals surface area contributed by atoms with E-state index in [0.29, 0.717) is 5.92 Å². The van der Waals surface area contributed by atoms with Crippen LogP contribution in [0, 0.1) is 5.92 Å². The van der Waals surface area contributed by atoms with Gasteiger partial charge < -0.3 is 9.47 Å². The highest BCUT2D eigenvalue weighted by Crippen LogP contribution is 2.21. The Morgan fingerprint density at radius 3 is 2.62 bits per heavy atom. The van der Waals surface area contributed by atoms with Gasteiger partial charge >= 0.3 is 0 Å². The molecule has 1 saturated heterocycles. The molecule has 1 fully saturated rings. The van der Waals surface area contributed by atoms with E-state index in [2.05, 4.69) is 13.8 Å². The maximum Gasteiger partial charge on any atom is 0.160 e. The molecular formula is C14H28O2. The molecule has 0 bridgehead atoms. The summed E-state index contributed by atoms with van der Waals surface area (Å²) in [6.07, 6.45) is 10.5. The highest BCUT2D eigenvalue weighted by molar-refractivity contribution is 4.63. The summed E-state index contributed by atoms with van der Waals surface area (Å²) in [6, 6.07) is 0. The van der Waals surface area contributed by atoms with Gasteiger partial charge in [-0.05, 0) is 19.3 Å². The number of hydrogen-bond donors (Lipinski definition) is 0. The van der Waals surface area contributed by atoms with Gasteiger partial charge in [0.1, 0.15) is 0 Å². The van der Waals surface area contributed by atoms with E-state index in [1.165, 1.54) is 51.4 Å². The number of unbranched alkanes of at least 4 members (excludes halogenated alkanes) is 5. The molecule has 2 nitrogen and oxygen atoms in total. The van der Waals surface area contributed by atoms with Crippen LogP contribution in [0.15, 0.2) is 0 Å². The van der Waals surface area contributed by atoms with Crippen molar-refractivity contribution in [1.29, 1.82) is 0 Å². The minimum atomic E-state index is 0.0735. The van der Waals surface area contributed by atoms with Crippen LogP contribution in [0.25, 0.3) is 0 Å². The Labute approximate surface area is 101 Å². The lowest BCUT2D eigenvalue weighted by atomic mass is 10.0. The molecule has 1 aliphatic rings. The fourth-order valence-electron chi connectivity index (χ4n) is 2.20. The van der Waals surface area contributed by atoms with Gasteiger partial charge in [-0.2, -0.15) is 0 Å². The van der Waals surface area contributed by atoms with Crippen molar-refractivity contribution in [1.82, 2.24) is 0 Å². The van der Waals surface area contributed by atoms with Crippen LogP contribution in [0.5, 0.6) is 0 Å². The molecule has 96 valence electrons. The molecule has 16 heavy (non-hydrogen) atoms. The van der Waals surface area contributed by atoms with Crippen molar-refractivity contribution in [2.45, 2.75) is 71.5 Å². The second-order valence-electron chi connectivity index (χ2n) is 5.00. The van der Waals surface area contributed by atoms with E-state index in [4.69, 9.17) is 9.47 Å². The van der Waals surface area contributed by atoms with Crippen LogP contribution < -0.4 is 0 Å². The third kappa shape index (κ3) is 5.86. The van der Waals surface area contributed by atoms with Gasteiger partial charge in [0.2, 0.25) is 0 Å². The van der Waals surface area contributed by atoms with Crippen molar-refractivity contribution < 1.29 is 9.47 Å². The first-order valence-electron chi connectivity index (χ1n) is 7.07. The minimum absolute atomic E-state index is 0.0735. The SMILES string of the molecule is CCCCCCCCO[C@@H]1OCCC[C@H]1C. The minimum Gasteiger partial charge on any atom is -0.352 e. The first-order chi connectivity index (χ1) is 7.84. The lowest BCUT2D eigenvalue weighted by Crippen LogP contribution is -2.30. The first-order valence-corrected chi connectivity index (χ1v) is 7.07. The molecule has 1 rings (SSSR count). The summed E-state index contributed by atoms with van der Waals surface area (Å²) in [7, 11) is 0. The van der Waals surface area contributed by atoms with E-state index in [0.717, 1.165) is 13.2 Å². The van der Waals surface area contributed by atoms with Gasteiger partial charge in [0.25, 0.3) is 0 Å². The van der Waals surface area contributed by atoms with Gasteiger partial charge in [0.05, 0.1) is 0 Å². The Bertz CT molecular complexity index is 159. The smallest absolute Gasteiger partial charge is 0.160 e. The van der Waals surface area contributed by atoms with Gasteiger partial charge in [-0.3, -0.25) is 0 Å². The molecule has 0 saturated carbocycles. The van der Waals surface area contributed by atoms with Crippen LogP contribution >= 0.6 is 0 Å². The monoisotopic (exact) mass is 228 g/mol. The van der Waals surface area contributed by atoms with E-state index in [1.54, 1.807) is 0 Å². The molecule has 0 N–H and O–H groups in total. The average Bonchev–Trinajstić information content (AvgIpc) is 2.30. The summed E-state index contributed by atoms with van der Waals surface area (Å²) in [5.74, 6) is 0.578. The second-order valence-corrected chi connectivity index (χ2v) is 5.00. The Hall–Kier alpha value is -0.0800. The van der Waals surface area contributed by atoms with Crippen LogP contribution in [0.4, 0.5) is 0 Å². The molecule has 1 heterocycles. The maximum absolute atomic E-state index is 5.78. The maximum atomic E-state index is 5.78. The van der Waals surface area contributed by atoms with Crippen molar-refractivity contribution in [3.05, 3.63) is 0 Å². The molecule has 2 heteroatoms. The molecule has 0 unspecified atom stereocenters. The third-order valence-electron chi connectivity index (χ3n) is 3.33. The van der Waals surface area contributed by atoms with E-state index >= 15 is 0 Å². The Kier molecular flexibility index (Phi) is 7.87. The standard InChI is InChI=1S/C14H28O2/c1-3-4-5-6-7-8-11-15-14-13(2)10-9-12-16-14/h13-14H,3-12H2,1-2H3/t13-,14-/m1/s1. The molecule has 0 amide bonds. The van der Waals surface area contributed by atoms with Gasteiger partial charge in [-0.1, -0.05) is 46.0 Å². The van der Waals surface area contributed by atoms with Crippen LogP contribution in [0.2, 0.25) is 0 Å². The zero-order chi connectivity index (χ0) is 11.6. The molecule has 0 aromatic carbocycles. The summed E-state index contributed by atoms with van der Waals surface area (Å²) >= 11 is 0. The van der Waals surface area contributed by atoms with Crippen molar-refractivity contribution in [3.63, 3.8) is 0 Å². The van der Waals surface area contributed by atoms with Crippen LogP contribution in [-0.2, 0) is 9.47 Å². The van der Waals surface area contributed by atoms with Crippen LogP contribution in [0.1, 0.15) is 65.2 Å². The largest absolute Gasteiger partial charge is 0.352 e. The second kappa shape index (κ2) is 9.00. The van der Waals surface area contributed by atoms with Gasteiger partial charge in [-0.25, -0.2) is 0 Å². The molecule has 0 aliphatic carbocycles. The van der Waals surface area contributed by atoms with Gasteiger partial charge in [0, 0.05) is 19.1 Å². The molecule has 0 aromatic heterocycles.